The van der Waals surface area contributed by atoms with Gasteiger partial charge in [-0.05, 0) is 83.9 Å². The average Bonchev–Trinajstić information content (AvgIpc) is 2.86. The molecule has 0 heterocycles. The third-order valence-electron chi connectivity index (χ3n) is 4.91. The topological polar surface area (TPSA) is 68.3 Å². The molecule has 0 N–H and O–H groups in total. The van der Waals surface area contributed by atoms with Crippen molar-refractivity contribution in [2.75, 3.05) is 0 Å². The lowest BCUT2D eigenvalue weighted by Gasteiger charge is -2.08. The number of benzene rings is 4. The number of hydrogen-bond acceptors (Lipinski definition) is 4. The van der Waals surface area contributed by atoms with Gasteiger partial charge in [0, 0.05) is 10.0 Å². The Kier molecular flexibility index (Phi) is 8.21. The molecule has 0 fully saturated rings. The van der Waals surface area contributed by atoms with Crippen LogP contribution in [0, 0.1) is 0 Å². The van der Waals surface area contributed by atoms with Crippen molar-refractivity contribution < 1.29 is 16.8 Å². The second-order valence-corrected chi connectivity index (χ2v) is 11.7. The van der Waals surface area contributed by atoms with E-state index in [1.807, 2.05) is 13.8 Å². The standard InChI is InChI=1S/C24H16Cl2O4S2.C2H6/c25-19-5-13-23(14-6-19)31(27,28)21-9-1-17(2-10-21)18-3-11-22(12-4-18)32(29,30)24-15-7-20(26)8-16-24;1-2/h1-16H;1-2H3. The summed E-state index contributed by atoms with van der Waals surface area (Å²) in [4.78, 5) is 0.633. The minimum atomic E-state index is -3.66. The molecule has 0 spiro atoms. The second-order valence-electron chi connectivity index (χ2n) is 6.96. The lowest BCUT2D eigenvalue weighted by Crippen LogP contribution is -2.02. The Morgan fingerprint density at radius 1 is 0.412 bits per heavy atom. The molecule has 0 saturated heterocycles. The van der Waals surface area contributed by atoms with Gasteiger partial charge in [-0.1, -0.05) is 61.3 Å². The first kappa shape index (κ1) is 26.0. The zero-order valence-electron chi connectivity index (χ0n) is 18.4. The highest BCUT2D eigenvalue weighted by Crippen LogP contribution is 2.28. The third kappa shape index (κ3) is 5.53. The molecule has 4 aromatic rings. The summed E-state index contributed by atoms with van der Waals surface area (Å²) < 4.78 is 51.1. The molecular weight excluding hydrogens is 511 g/mol. The van der Waals surface area contributed by atoms with Crippen LogP contribution < -0.4 is 0 Å². The Labute approximate surface area is 210 Å². The molecule has 0 aliphatic heterocycles. The molecule has 0 radical (unpaired) electrons. The van der Waals surface area contributed by atoms with E-state index < -0.39 is 19.7 Å². The van der Waals surface area contributed by atoms with Gasteiger partial charge in [0.25, 0.3) is 0 Å². The predicted octanol–water partition coefficient (Wildman–Crippen LogP) is 7.35. The van der Waals surface area contributed by atoms with Crippen molar-refractivity contribution in [2.45, 2.75) is 33.4 Å². The van der Waals surface area contributed by atoms with Gasteiger partial charge in [0.05, 0.1) is 19.6 Å². The van der Waals surface area contributed by atoms with Crippen molar-refractivity contribution >= 4 is 42.9 Å². The fourth-order valence-corrected chi connectivity index (χ4v) is 5.93. The van der Waals surface area contributed by atoms with Crippen molar-refractivity contribution in [1.29, 1.82) is 0 Å². The molecule has 34 heavy (non-hydrogen) atoms. The normalized spacial score (nSPS) is 11.4. The summed E-state index contributed by atoms with van der Waals surface area (Å²) in [5, 5.41) is 0.918. The predicted molar refractivity (Wildman–Crippen MR) is 137 cm³/mol. The number of rotatable bonds is 5. The van der Waals surface area contributed by atoms with E-state index in [0.717, 1.165) is 11.1 Å². The van der Waals surface area contributed by atoms with Crippen LogP contribution in [-0.4, -0.2) is 16.8 Å². The van der Waals surface area contributed by atoms with Crippen LogP contribution in [0.5, 0.6) is 0 Å². The molecule has 4 aromatic carbocycles. The van der Waals surface area contributed by atoms with E-state index >= 15 is 0 Å². The summed E-state index contributed by atoms with van der Waals surface area (Å²) in [6, 6.07) is 24.8. The van der Waals surface area contributed by atoms with Crippen LogP contribution in [0.2, 0.25) is 10.0 Å². The third-order valence-corrected chi connectivity index (χ3v) is 8.99. The summed E-state index contributed by atoms with van der Waals surface area (Å²) in [6.07, 6.45) is 0. The van der Waals surface area contributed by atoms with Crippen molar-refractivity contribution in [3.8, 4) is 11.1 Å². The molecule has 0 saturated carbocycles. The van der Waals surface area contributed by atoms with E-state index in [1.54, 1.807) is 24.3 Å². The van der Waals surface area contributed by atoms with Gasteiger partial charge >= 0.3 is 0 Å². The average molecular weight is 533 g/mol. The number of hydrogen-bond donors (Lipinski definition) is 0. The summed E-state index contributed by atoms with van der Waals surface area (Å²) in [5.74, 6) is 0. The molecule has 0 aliphatic carbocycles. The fourth-order valence-electron chi connectivity index (χ4n) is 3.15. The lowest BCUT2D eigenvalue weighted by atomic mass is 10.1. The van der Waals surface area contributed by atoms with Crippen molar-refractivity contribution in [1.82, 2.24) is 0 Å². The van der Waals surface area contributed by atoms with Gasteiger partial charge in [-0.25, -0.2) is 16.8 Å². The van der Waals surface area contributed by atoms with E-state index in [0.29, 0.717) is 10.0 Å². The maximum Gasteiger partial charge on any atom is 0.206 e. The van der Waals surface area contributed by atoms with Crippen LogP contribution in [0.1, 0.15) is 13.8 Å². The van der Waals surface area contributed by atoms with E-state index in [1.165, 1.54) is 72.8 Å². The zero-order chi connectivity index (χ0) is 24.9. The van der Waals surface area contributed by atoms with Gasteiger partial charge in [-0.3, -0.25) is 0 Å². The van der Waals surface area contributed by atoms with Crippen molar-refractivity contribution in [3.63, 3.8) is 0 Å². The first-order valence-electron chi connectivity index (χ1n) is 10.4. The Morgan fingerprint density at radius 3 is 0.853 bits per heavy atom. The quantitative estimate of drug-likeness (QED) is 0.269. The molecule has 0 amide bonds. The lowest BCUT2D eigenvalue weighted by molar-refractivity contribution is 0.594. The van der Waals surface area contributed by atoms with Crippen LogP contribution in [-0.2, 0) is 19.7 Å². The van der Waals surface area contributed by atoms with Crippen LogP contribution in [0.3, 0.4) is 0 Å². The molecular formula is C26H22Cl2O4S2. The Bertz CT molecular complexity index is 1340. The van der Waals surface area contributed by atoms with Gasteiger partial charge in [-0.15, -0.1) is 0 Å². The highest BCUT2D eigenvalue weighted by Gasteiger charge is 2.19. The van der Waals surface area contributed by atoms with Gasteiger partial charge in [0.1, 0.15) is 0 Å². The molecule has 4 rings (SSSR count). The van der Waals surface area contributed by atoms with Crippen LogP contribution >= 0.6 is 23.2 Å². The van der Waals surface area contributed by atoms with Crippen molar-refractivity contribution in [3.05, 3.63) is 107 Å². The minimum absolute atomic E-state index is 0.158. The highest BCUT2D eigenvalue weighted by atomic mass is 35.5. The molecule has 8 heteroatoms. The fraction of sp³-hybridized carbons (Fsp3) is 0.0769. The van der Waals surface area contributed by atoms with E-state index in [9.17, 15) is 16.8 Å². The molecule has 176 valence electrons. The maximum atomic E-state index is 12.8. The van der Waals surface area contributed by atoms with E-state index in [4.69, 9.17) is 23.2 Å². The Morgan fingerprint density at radius 2 is 0.618 bits per heavy atom. The summed E-state index contributed by atoms with van der Waals surface area (Å²) >= 11 is 11.7. The molecule has 0 atom stereocenters. The molecule has 0 bridgehead atoms. The number of sulfone groups is 2. The second kappa shape index (κ2) is 10.7. The largest absolute Gasteiger partial charge is 0.219 e. The molecule has 0 aromatic heterocycles. The first-order chi connectivity index (χ1) is 16.2. The van der Waals surface area contributed by atoms with Gasteiger partial charge in [0.2, 0.25) is 19.7 Å². The first-order valence-corrected chi connectivity index (χ1v) is 14.1. The van der Waals surface area contributed by atoms with Gasteiger partial charge in [-0.2, -0.15) is 0 Å². The highest BCUT2D eigenvalue weighted by molar-refractivity contribution is 7.91. The minimum Gasteiger partial charge on any atom is -0.219 e. The molecule has 4 nitrogen and oxygen atoms in total. The van der Waals surface area contributed by atoms with E-state index in [-0.39, 0.29) is 19.6 Å². The van der Waals surface area contributed by atoms with E-state index in [2.05, 4.69) is 0 Å². The SMILES string of the molecule is CC.O=S(=O)(c1ccc(Cl)cc1)c1ccc(-c2ccc(S(=O)(=O)c3ccc(Cl)cc3)cc2)cc1. The van der Waals surface area contributed by atoms with Gasteiger partial charge < -0.3 is 0 Å². The number of halogens is 2. The monoisotopic (exact) mass is 532 g/mol. The summed E-state index contributed by atoms with van der Waals surface area (Å²) in [7, 11) is -7.32. The Balaban J connectivity index is 0.00000158. The van der Waals surface area contributed by atoms with Gasteiger partial charge in [0.15, 0.2) is 0 Å². The Hall–Kier alpha value is -2.64. The molecule has 0 aliphatic rings. The van der Waals surface area contributed by atoms with Crippen LogP contribution in [0.4, 0.5) is 0 Å². The van der Waals surface area contributed by atoms with Crippen LogP contribution in [0.15, 0.2) is 117 Å². The molecule has 0 unspecified atom stereocenters. The maximum absolute atomic E-state index is 12.8. The smallest absolute Gasteiger partial charge is 0.206 e. The van der Waals surface area contributed by atoms with Crippen molar-refractivity contribution in [2.24, 2.45) is 0 Å². The van der Waals surface area contributed by atoms with Crippen LogP contribution in [0.25, 0.3) is 11.1 Å². The summed E-state index contributed by atoms with van der Waals surface area (Å²) in [6.45, 7) is 4.00. The zero-order valence-corrected chi connectivity index (χ0v) is 21.6. The summed E-state index contributed by atoms with van der Waals surface area (Å²) in [5.41, 5.74) is 1.52.